The first kappa shape index (κ1) is 22.2. The average molecular weight is 396 g/mol. The molecule has 1 saturated carbocycles. The average Bonchev–Trinajstić information content (AvgIpc) is 2.86. The Balaban J connectivity index is 1.80. The van der Waals surface area contributed by atoms with E-state index in [4.69, 9.17) is 4.74 Å². The number of hydrogen-bond acceptors (Lipinski definition) is 5. The van der Waals surface area contributed by atoms with E-state index in [2.05, 4.69) is 24.5 Å². The molecule has 0 aromatic rings. The third-order valence-electron chi connectivity index (χ3n) is 5.74. The highest BCUT2D eigenvalue weighted by Gasteiger charge is 2.55. The minimum atomic E-state index is -0.904. The van der Waals surface area contributed by atoms with Crippen molar-refractivity contribution in [1.29, 1.82) is 0 Å². The van der Waals surface area contributed by atoms with Gasteiger partial charge in [0.05, 0.1) is 0 Å². The zero-order valence-electron chi connectivity index (χ0n) is 17.4. The Labute approximate surface area is 166 Å². The molecular weight excluding hydrogens is 362 g/mol. The number of carbonyl (C=O) groups excluding carboxylic acids is 4. The highest BCUT2D eigenvalue weighted by atomic mass is 16.5. The van der Waals surface area contributed by atoms with Gasteiger partial charge in [0.15, 0.2) is 6.61 Å². The van der Waals surface area contributed by atoms with Gasteiger partial charge in [-0.3, -0.25) is 19.3 Å². The molecule has 1 saturated heterocycles. The van der Waals surface area contributed by atoms with Crippen molar-refractivity contribution < 1.29 is 23.9 Å². The van der Waals surface area contributed by atoms with Crippen molar-refractivity contribution in [2.75, 3.05) is 13.2 Å². The Kier molecular flexibility index (Phi) is 7.43. The lowest BCUT2D eigenvalue weighted by Gasteiger charge is -2.36. The van der Waals surface area contributed by atoms with Crippen LogP contribution in [0.2, 0.25) is 0 Å². The lowest BCUT2D eigenvalue weighted by Crippen LogP contribution is -2.54. The molecular formula is C20H33N3O5. The predicted molar refractivity (Wildman–Crippen MR) is 103 cm³/mol. The second-order valence-electron chi connectivity index (χ2n) is 8.54. The Bertz CT molecular complexity index is 621. The monoisotopic (exact) mass is 395 g/mol. The molecule has 28 heavy (non-hydrogen) atoms. The van der Waals surface area contributed by atoms with Crippen molar-refractivity contribution in [3.63, 3.8) is 0 Å². The molecule has 1 aliphatic carbocycles. The Morgan fingerprint density at radius 1 is 1.25 bits per heavy atom. The molecule has 158 valence electrons. The number of ether oxygens (including phenoxy) is 1. The third-order valence-corrected chi connectivity index (χ3v) is 5.74. The minimum Gasteiger partial charge on any atom is -0.454 e. The fourth-order valence-corrected chi connectivity index (χ4v) is 3.93. The number of nitrogens with one attached hydrogen (secondary N) is 2. The zero-order valence-corrected chi connectivity index (χ0v) is 17.4. The van der Waals surface area contributed by atoms with Gasteiger partial charge in [0.25, 0.3) is 11.8 Å². The van der Waals surface area contributed by atoms with E-state index in [9.17, 15) is 19.2 Å². The molecule has 2 fully saturated rings. The normalized spacial score (nSPS) is 25.8. The first-order valence-corrected chi connectivity index (χ1v) is 10.2. The molecule has 8 heteroatoms. The Morgan fingerprint density at radius 3 is 2.61 bits per heavy atom. The molecule has 0 aromatic carbocycles. The first-order chi connectivity index (χ1) is 13.2. The molecule has 0 unspecified atom stereocenters. The predicted octanol–water partition coefficient (Wildman–Crippen LogP) is 1.97. The number of rotatable bonds is 8. The van der Waals surface area contributed by atoms with Gasteiger partial charge >= 0.3 is 12.0 Å². The quantitative estimate of drug-likeness (QED) is 0.483. The molecule has 1 heterocycles. The van der Waals surface area contributed by atoms with Gasteiger partial charge in [-0.2, -0.15) is 0 Å². The van der Waals surface area contributed by atoms with Crippen LogP contribution in [0.25, 0.3) is 0 Å². The molecule has 1 spiro atoms. The van der Waals surface area contributed by atoms with Gasteiger partial charge in [-0.1, -0.05) is 33.6 Å². The van der Waals surface area contributed by atoms with Gasteiger partial charge in [0.2, 0.25) is 0 Å². The van der Waals surface area contributed by atoms with Crippen molar-refractivity contribution >= 4 is 23.8 Å². The molecule has 2 aliphatic rings. The number of urea groups is 1. The molecule has 1 aliphatic heterocycles. The topological polar surface area (TPSA) is 105 Å². The fraction of sp³-hybridized carbons (Fsp3) is 0.800. The minimum absolute atomic E-state index is 0.00723. The third kappa shape index (κ3) is 5.23. The summed E-state index contributed by atoms with van der Waals surface area (Å²) in [5, 5.41) is 5.57. The maximum atomic E-state index is 12.8. The van der Waals surface area contributed by atoms with Crippen LogP contribution in [0, 0.1) is 11.8 Å². The molecule has 2 rings (SSSR count). The van der Waals surface area contributed by atoms with Crippen LogP contribution in [0.1, 0.15) is 66.2 Å². The highest BCUT2D eigenvalue weighted by Crippen LogP contribution is 2.38. The van der Waals surface area contributed by atoms with E-state index in [1.165, 1.54) is 0 Å². The largest absolute Gasteiger partial charge is 0.454 e. The van der Waals surface area contributed by atoms with Gasteiger partial charge in [-0.25, -0.2) is 4.79 Å². The van der Waals surface area contributed by atoms with Crippen molar-refractivity contribution in [3.8, 4) is 0 Å². The van der Waals surface area contributed by atoms with Crippen LogP contribution in [0.15, 0.2) is 0 Å². The summed E-state index contributed by atoms with van der Waals surface area (Å²) >= 11 is 0. The summed E-state index contributed by atoms with van der Waals surface area (Å²) < 4.78 is 4.97. The summed E-state index contributed by atoms with van der Waals surface area (Å²) in [5.74, 6) is -0.949. The van der Waals surface area contributed by atoms with Crippen molar-refractivity contribution in [2.45, 2.75) is 77.8 Å². The zero-order chi connectivity index (χ0) is 20.9. The second kappa shape index (κ2) is 9.39. The maximum Gasteiger partial charge on any atom is 0.326 e. The molecule has 0 radical (unpaired) electrons. The number of carbonyl (C=O) groups is 4. The molecule has 2 N–H and O–H groups in total. The highest BCUT2D eigenvalue weighted by molar-refractivity contribution is 6.09. The number of hydrogen-bond donors (Lipinski definition) is 2. The summed E-state index contributed by atoms with van der Waals surface area (Å²) in [5.41, 5.74) is -0.904. The van der Waals surface area contributed by atoms with E-state index in [1.54, 1.807) is 0 Å². The fourth-order valence-electron chi connectivity index (χ4n) is 3.93. The van der Waals surface area contributed by atoms with Crippen LogP contribution in [0.4, 0.5) is 4.79 Å². The molecule has 0 aromatic heterocycles. The summed E-state index contributed by atoms with van der Waals surface area (Å²) in [6.07, 6.45) is 5.18. The standard InChI is InChI=1S/C20H33N3O5/c1-13(2)8-9-15(4)21-16(24)12-28-17(25)11-23-18(26)20(22-19(23)27)10-6-5-7-14(20)3/h13-15H,5-12H2,1-4H3,(H,21,24)(H,22,27)/t14-,15-,20+/m0/s1. The van der Waals surface area contributed by atoms with Gasteiger partial charge in [0, 0.05) is 6.04 Å². The van der Waals surface area contributed by atoms with Crippen LogP contribution in [0.3, 0.4) is 0 Å². The molecule has 8 nitrogen and oxygen atoms in total. The van der Waals surface area contributed by atoms with Crippen molar-refractivity contribution in [1.82, 2.24) is 15.5 Å². The van der Waals surface area contributed by atoms with E-state index in [-0.39, 0.29) is 23.8 Å². The van der Waals surface area contributed by atoms with E-state index in [0.29, 0.717) is 12.3 Å². The van der Waals surface area contributed by atoms with Crippen LogP contribution in [-0.2, 0) is 19.1 Å². The summed E-state index contributed by atoms with van der Waals surface area (Å²) in [6.45, 7) is 7.18. The summed E-state index contributed by atoms with van der Waals surface area (Å²) in [7, 11) is 0. The van der Waals surface area contributed by atoms with Crippen molar-refractivity contribution in [2.24, 2.45) is 11.8 Å². The van der Waals surface area contributed by atoms with Gasteiger partial charge in [0.1, 0.15) is 12.1 Å². The number of amides is 4. The van der Waals surface area contributed by atoms with Crippen molar-refractivity contribution in [3.05, 3.63) is 0 Å². The first-order valence-electron chi connectivity index (χ1n) is 10.2. The van der Waals surface area contributed by atoms with E-state index in [1.807, 2.05) is 13.8 Å². The lowest BCUT2D eigenvalue weighted by atomic mass is 9.73. The molecule has 0 bridgehead atoms. The van der Waals surface area contributed by atoms with Gasteiger partial charge in [-0.05, 0) is 44.4 Å². The van der Waals surface area contributed by atoms with Crippen LogP contribution < -0.4 is 10.6 Å². The number of nitrogens with zero attached hydrogens (tertiary/aromatic N) is 1. The maximum absolute atomic E-state index is 12.8. The Morgan fingerprint density at radius 2 is 1.96 bits per heavy atom. The lowest BCUT2D eigenvalue weighted by molar-refractivity contribution is -0.151. The summed E-state index contributed by atoms with van der Waals surface area (Å²) in [6, 6.07) is -0.574. The molecule has 4 amide bonds. The van der Waals surface area contributed by atoms with E-state index in [0.717, 1.165) is 37.0 Å². The number of imide groups is 1. The van der Waals surface area contributed by atoms with Crippen LogP contribution in [0.5, 0.6) is 0 Å². The SMILES string of the molecule is CC(C)CC[C@H](C)NC(=O)COC(=O)CN1C(=O)N[C@@]2(CCCC[C@@H]2C)C1=O. The molecule has 3 atom stereocenters. The number of esters is 1. The second-order valence-corrected chi connectivity index (χ2v) is 8.54. The smallest absolute Gasteiger partial charge is 0.326 e. The Hall–Kier alpha value is -2.12. The van der Waals surface area contributed by atoms with Gasteiger partial charge < -0.3 is 15.4 Å². The van der Waals surface area contributed by atoms with Gasteiger partial charge in [-0.15, -0.1) is 0 Å². The van der Waals surface area contributed by atoms with Crippen LogP contribution in [-0.4, -0.2) is 53.4 Å². The van der Waals surface area contributed by atoms with E-state index < -0.39 is 30.7 Å². The van der Waals surface area contributed by atoms with Crippen LogP contribution >= 0.6 is 0 Å². The summed E-state index contributed by atoms with van der Waals surface area (Å²) in [4.78, 5) is 49.9. The van der Waals surface area contributed by atoms with E-state index >= 15 is 0 Å².